The quantitative estimate of drug-likeness (QED) is 0.202. The van der Waals surface area contributed by atoms with Crippen molar-refractivity contribution in [3.63, 3.8) is 0 Å². The maximum atomic E-state index is 12.9. The van der Waals surface area contributed by atoms with Gasteiger partial charge in [-0.05, 0) is 52.7 Å². The van der Waals surface area contributed by atoms with Crippen LogP contribution >= 0.6 is 23.2 Å². The number of unbranched alkanes of at least 4 members (excludes halogenated alkanes) is 1. The number of halogens is 2. The molecule has 0 bridgehead atoms. The topological polar surface area (TPSA) is 152 Å². The number of carbonyl (C=O) groups is 2. The molecule has 2 heterocycles. The van der Waals surface area contributed by atoms with Crippen LogP contribution in [0, 0.1) is 0 Å². The average molecular weight is 572 g/mol. The summed E-state index contributed by atoms with van der Waals surface area (Å²) in [5.74, 6) is 0.535. The number of hydrogen-bond acceptors (Lipinski definition) is 7. The zero-order valence-electron chi connectivity index (χ0n) is 21.2. The third-order valence-electron chi connectivity index (χ3n) is 5.83. The molecular formula is C25H27Cl2N9O3. The fourth-order valence-electron chi connectivity index (χ4n) is 3.87. The molecule has 4 aromatic rings. The zero-order valence-corrected chi connectivity index (χ0v) is 22.8. The zero-order chi connectivity index (χ0) is 27.8. The molecule has 14 heteroatoms. The van der Waals surface area contributed by atoms with Crippen molar-refractivity contribution in [2.75, 3.05) is 12.4 Å². The number of benzene rings is 2. The standard InChI is InChI=1S/C25H27Cl2N9O3/c1-3-4-5-19(23-32-21(22(27)33-23)15-6-9-18(10-7-15)30-25(38)39-2)31-24(37)28-13-16-12-17(26)8-11-20(16)36-14-29-34-35-36/h6-12,14,19H,3-5,13H2,1-2H3,(H,30,38)(H,32,33)(H2,28,31,37). The Labute approximate surface area is 234 Å². The summed E-state index contributed by atoms with van der Waals surface area (Å²) in [5, 5.41) is 20.6. The second-order valence-electron chi connectivity index (χ2n) is 8.53. The van der Waals surface area contributed by atoms with Crippen molar-refractivity contribution in [1.82, 2.24) is 40.8 Å². The maximum absolute atomic E-state index is 12.9. The molecule has 0 aliphatic carbocycles. The van der Waals surface area contributed by atoms with Crippen molar-refractivity contribution in [3.05, 3.63) is 70.4 Å². The maximum Gasteiger partial charge on any atom is 0.411 e. The number of ether oxygens (including phenoxy) is 1. The predicted molar refractivity (Wildman–Crippen MR) is 147 cm³/mol. The van der Waals surface area contributed by atoms with Crippen LogP contribution in [0.1, 0.15) is 43.6 Å². The number of anilines is 1. The number of rotatable bonds is 10. The van der Waals surface area contributed by atoms with E-state index >= 15 is 0 Å². The molecule has 4 rings (SSSR count). The van der Waals surface area contributed by atoms with Crippen molar-refractivity contribution >= 4 is 41.0 Å². The van der Waals surface area contributed by atoms with Crippen LogP contribution in [0.4, 0.5) is 15.3 Å². The number of aromatic amines is 1. The van der Waals surface area contributed by atoms with Crippen LogP contribution in [-0.4, -0.2) is 49.4 Å². The van der Waals surface area contributed by atoms with Gasteiger partial charge in [0.1, 0.15) is 23.0 Å². The Balaban J connectivity index is 1.47. The van der Waals surface area contributed by atoms with E-state index in [2.05, 4.69) is 53.1 Å². The van der Waals surface area contributed by atoms with Crippen LogP contribution < -0.4 is 16.0 Å². The molecule has 0 aliphatic rings. The first kappa shape index (κ1) is 27.9. The number of amides is 3. The molecule has 0 saturated carbocycles. The summed E-state index contributed by atoms with van der Waals surface area (Å²) in [7, 11) is 1.29. The van der Waals surface area contributed by atoms with Gasteiger partial charge in [0.25, 0.3) is 0 Å². The molecule has 0 spiro atoms. The van der Waals surface area contributed by atoms with Gasteiger partial charge in [0.15, 0.2) is 0 Å². The Morgan fingerprint density at radius 1 is 1.15 bits per heavy atom. The molecule has 0 fully saturated rings. The van der Waals surface area contributed by atoms with E-state index in [1.54, 1.807) is 42.5 Å². The number of nitrogens with one attached hydrogen (secondary N) is 4. The highest BCUT2D eigenvalue weighted by Gasteiger charge is 2.21. The Bertz CT molecular complexity index is 1410. The second kappa shape index (κ2) is 13.1. The predicted octanol–water partition coefficient (Wildman–Crippen LogP) is 5.27. The van der Waals surface area contributed by atoms with Gasteiger partial charge in [0.05, 0.1) is 18.8 Å². The van der Waals surface area contributed by atoms with Crippen molar-refractivity contribution < 1.29 is 14.3 Å². The summed E-state index contributed by atoms with van der Waals surface area (Å²) in [6, 6.07) is 11.5. The van der Waals surface area contributed by atoms with Crippen LogP contribution in [0.2, 0.25) is 10.2 Å². The number of tetrazole rings is 1. The lowest BCUT2D eigenvalue weighted by molar-refractivity contribution is 0.187. The Morgan fingerprint density at radius 2 is 1.95 bits per heavy atom. The normalized spacial score (nSPS) is 11.6. The summed E-state index contributed by atoms with van der Waals surface area (Å²) in [6.45, 7) is 2.26. The fraction of sp³-hybridized carbons (Fsp3) is 0.280. The van der Waals surface area contributed by atoms with E-state index in [-0.39, 0.29) is 12.6 Å². The monoisotopic (exact) mass is 571 g/mol. The van der Waals surface area contributed by atoms with Gasteiger partial charge in [-0.25, -0.2) is 19.3 Å². The van der Waals surface area contributed by atoms with Gasteiger partial charge in [0.2, 0.25) is 0 Å². The molecule has 0 radical (unpaired) electrons. The molecule has 2 aromatic carbocycles. The molecular weight excluding hydrogens is 545 g/mol. The van der Waals surface area contributed by atoms with Gasteiger partial charge in [-0.2, -0.15) is 0 Å². The molecule has 1 atom stereocenters. The summed E-state index contributed by atoms with van der Waals surface area (Å²) < 4.78 is 6.11. The highest BCUT2D eigenvalue weighted by molar-refractivity contribution is 6.32. The van der Waals surface area contributed by atoms with Crippen molar-refractivity contribution in [1.29, 1.82) is 0 Å². The van der Waals surface area contributed by atoms with E-state index < -0.39 is 12.1 Å². The first-order valence-electron chi connectivity index (χ1n) is 12.1. The van der Waals surface area contributed by atoms with E-state index in [0.29, 0.717) is 39.5 Å². The molecule has 2 aromatic heterocycles. The smallest absolute Gasteiger partial charge is 0.411 e. The molecule has 204 valence electrons. The number of aromatic nitrogens is 6. The number of nitrogens with zero attached hydrogens (tertiary/aromatic N) is 5. The molecule has 39 heavy (non-hydrogen) atoms. The van der Waals surface area contributed by atoms with Crippen LogP contribution in [-0.2, 0) is 11.3 Å². The second-order valence-corrected chi connectivity index (χ2v) is 9.34. The Kier molecular flexibility index (Phi) is 9.34. The van der Waals surface area contributed by atoms with Crippen LogP contribution in [0.3, 0.4) is 0 Å². The molecule has 12 nitrogen and oxygen atoms in total. The number of carbonyl (C=O) groups excluding carboxylic acids is 2. The number of H-pyrrole nitrogens is 1. The Hall–Kier alpha value is -4.16. The highest BCUT2D eigenvalue weighted by atomic mass is 35.5. The average Bonchev–Trinajstić information content (AvgIpc) is 3.60. The minimum Gasteiger partial charge on any atom is -0.453 e. The third kappa shape index (κ3) is 7.24. The largest absolute Gasteiger partial charge is 0.453 e. The summed E-state index contributed by atoms with van der Waals surface area (Å²) in [6.07, 6.45) is 3.36. The Morgan fingerprint density at radius 3 is 2.64 bits per heavy atom. The third-order valence-corrected chi connectivity index (χ3v) is 6.34. The van der Waals surface area contributed by atoms with Gasteiger partial charge in [-0.1, -0.05) is 55.1 Å². The van der Waals surface area contributed by atoms with E-state index in [1.165, 1.54) is 18.1 Å². The number of methoxy groups -OCH3 is 1. The first-order chi connectivity index (χ1) is 18.9. The van der Waals surface area contributed by atoms with Gasteiger partial charge in [0, 0.05) is 22.8 Å². The van der Waals surface area contributed by atoms with Gasteiger partial charge in [-0.15, -0.1) is 5.10 Å². The SMILES string of the molecule is CCCCC(NC(=O)NCc1cc(Cl)ccc1-n1cnnn1)c1nc(-c2ccc(NC(=O)OC)cc2)c(Cl)[nH]1. The number of hydrogen-bond donors (Lipinski definition) is 4. The molecule has 1 unspecified atom stereocenters. The molecule has 0 saturated heterocycles. The first-order valence-corrected chi connectivity index (χ1v) is 12.9. The van der Waals surface area contributed by atoms with E-state index in [4.69, 9.17) is 23.2 Å². The summed E-state index contributed by atoms with van der Waals surface area (Å²) in [4.78, 5) is 32.2. The van der Waals surface area contributed by atoms with Crippen molar-refractivity contribution in [2.45, 2.75) is 38.8 Å². The van der Waals surface area contributed by atoms with Gasteiger partial charge < -0.3 is 20.4 Å². The highest BCUT2D eigenvalue weighted by Crippen LogP contribution is 2.30. The summed E-state index contributed by atoms with van der Waals surface area (Å²) in [5.41, 5.74) is 3.28. The van der Waals surface area contributed by atoms with Crippen LogP contribution in [0.15, 0.2) is 48.8 Å². The van der Waals surface area contributed by atoms with E-state index in [9.17, 15) is 9.59 Å². The molecule has 4 N–H and O–H groups in total. The van der Waals surface area contributed by atoms with Gasteiger partial charge in [-0.3, -0.25) is 5.32 Å². The lowest BCUT2D eigenvalue weighted by Crippen LogP contribution is -2.38. The summed E-state index contributed by atoms with van der Waals surface area (Å²) >= 11 is 12.7. The van der Waals surface area contributed by atoms with Gasteiger partial charge >= 0.3 is 12.1 Å². The lowest BCUT2D eigenvalue weighted by Gasteiger charge is -2.18. The number of imidazole rings is 1. The molecule has 3 amide bonds. The van der Waals surface area contributed by atoms with Crippen molar-refractivity contribution in [2.24, 2.45) is 0 Å². The molecule has 0 aliphatic heterocycles. The number of urea groups is 1. The fourth-order valence-corrected chi connectivity index (χ4v) is 4.31. The van der Waals surface area contributed by atoms with E-state index in [1.807, 2.05) is 0 Å². The van der Waals surface area contributed by atoms with Crippen LogP contribution in [0.25, 0.3) is 16.9 Å². The lowest BCUT2D eigenvalue weighted by atomic mass is 10.1. The minimum atomic E-state index is -0.562. The minimum absolute atomic E-state index is 0.193. The van der Waals surface area contributed by atoms with Crippen molar-refractivity contribution in [3.8, 4) is 16.9 Å². The van der Waals surface area contributed by atoms with Crippen LogP contribution in [0.5, 0.6) is 0 Å². The van der Waals surface area contributed by atoms with E-state index in [0.717, 1.165) is 24.0 Å².